The van der Waals surface area contributed by atoms with Crippen molar-refractivity contribution in [2.75, 3.05) is 0 Å². The van der Waals surface area contributed by atoms with Crippen LogP contribution in [-0.2, 0) is 0 Å². The molecule has 0 aliphatic carbocycles. The van der Waals surface area contributed by atoms with E-state index in [-0.39, 0.29) is 5.91 Å². The molecule has 0 saturated heterocycles. The monoisotopic (exact) mass is 328 g/mol. The van der Waals surface area contributed by atoms with E-state index in [9.17, 15) is 4.79 Å². The summed E-state index contributed by atoms with van der Waals surface area (Å²) < 4.78 is 5.83. The number of carbonyl (C=O) groups is 1. The van der Waals surface area contributed by atoms with Gasteiger partial charge in [0.25, 0.3) is 5.91 Å². The van der Waals surface area contributed by atoms with Gasteiger partial charge in [0.05, 0.1) is 5.71 Å². The average molecular weight is 328 g/mol. The topological polar surface area (TPSA) is 54.6 Å². The largest absolute Gasteiger partial charge is 0.456 e. The van der Waals surface area contributed by atoms with Crippen molar-refractivity contribution in [3.8, 4) is 0 Å². The second-order valence-electron chi connectivity index (χ2n) is 5.81. The van der Waals surface area contributed by atoms with Gasteiger partial charge in [-0.05, 0) is 48.9 Å². The Kier molecular flexibility index (Phi) is 3.78. The first-order valence-electron chi connectivity index (χ1n) is 8.04. The van der Waals surface area contributed by atoms with Crippen LogP contribution >= 0.6 is 0 Å². The summed E-state index contributed by atoms with van der Waals surface area (Å²) in [5.41, 5.74) is 6.55. The second kappa shape index (κ2) is 6.24. The molecule has 25 heavy (non-hydrogen) atoms. The van der Waals surface area contributed by atoms with E-state index in [0.717, 1.165) is 33.2 Å². The van der Waals surface area contributed by atoms with Crippen molar-refractivity contribution in [3.63, 3.8) is 0 Å². The molecule has 1 N–H and O–H groups in total. The Morgan fingerprint density at radius 3 is 2.40 bits per heavy atom. The van der Waals surface area contributed by atoms with Gasteiger partial charge in [-0.1, -0.05) is 36.4 Å². The molecule has 3 aromatic carbocycles. The van der Waals surface area contributed by atoms with Gasteiger partial charge in [-0.15, -0.1) is 0 Å². The maximum absolute atomic E-state index is 12.1. The van der Waals surface area contributed by atoms with Gasteiger partial charge in [0.1, 0.15) is 11.2 Å². The van der Waals surface area contributed by atoms with E-state index >= 15 is 0 Å². The summed E-state index contributed by atoms with van der Waals surface area (Å²) in [5, 5.41) is 6.34. The van der Waals surface area contributed by atoms with Crippen LogP contribution in [0.5, 0.6) is 0 Å². The van der Waals surface area contributed by atoms with Gasteiger partial charge in [-0.3, -0.25) is 4.79 Å². The molecular weight excluding hydrogens is 312 g/mol. The summed E-state index contributed by atoms with van der Waals surface area (Å²) in [5.74, 6) is -0.227. The third-order valence-electron chi connectivity index (χ3n) is 4.16. The fraction of sp³-hybridized carbons (Fsp3) is 0.0476. The fourth-order valence-electron chi connectivity index (χ4n) is 2.80. The van der Waals surface area contributed by atoms with Crippen LogP contribution in [-0.4, -0.2) is 11.6 Å². The number of nitrogens with zero attached hydrogens (tertiary/aromatic N) is 1. The van der Waals surface area contributed by atoms with Crippen molar-refractivity contribution in [1.82, 2.24) is 5.43 Å². The number of nitrogens with one attached hydrogen (secondary N) is 1. The highest BCUT2D eigenvalue weighted by Crippen LogP contribution is 2.29. The molecule has 4 nitrogen and oxygen atoms in total. The van der Waals surface area contributed by atoms with E-state index in [4.69, 9.17) is 4.42 Å². The minimum absolute atomic E-state index is 0.227. The number of hydrogen-bond donors (Lipinski definition) is 1. The summed E-state index contributed by atoms with van der Waals surface area (Å²) in [7, 11) is 0. The van der Waals surface area contributed by atoms with E-state index < -0.39 is 0 Å². The van der Waals surface area contributed by atoms with Crippen LogP contribution in [0.4, 0.5) is 0 Å². The Morgan fingerprint density at radius 1 is 0.840 bits per heavy atom. The van der Waals surface area contributed by atoms with E-state index in [0.29, 0.717) is 5.56 Å². The highest BCUT2D eigenvalue weighted by Gasteiger charge is 2.09. The number of furan rings is 1. The Morgan fingerprint density at radius 2 is 1.56 bits per heavy atom. The van der Waals surface area contributed by atoms with Crippen LogP contribution in [0.2, 0.25) is 0 Å². The van der Waals surface area contributed by atoms with E-state index in [1.807, 2.05) is 67.6 Å². The van der Waals surface area contributed by atoms with Gasteiger partial charge >= 0.3 is 0 Å². The number of rotatable bonds is 3. The summed E-state index contributed by atoms with van der Waals surface area (Å²) >= 11 is 0. The first-order valence-corrected chi connectivity index (χ1v) is 8.04. The zero-order chi connectivity index (χ0) is 17.2. The lowest BCUT2D eigenvalue weighted by molar-refractivity contribution is 0.0955. The summed E-state index contributed by atoms with van der Waals surface area (Å²) in [6, 6.07) is 22.9. The lowest BCUT2D eigenvalue weighted by Gasteiger charge is -2.03. The van der Waals surface area contributed by atoms with Crippen molar-refractivity contribution >= 4 is 33.6 Å². The molecule has 4 rings (SSSR count). The third kappa shape index (κ3) is 2.90. The Bertz CT molecular complexity index is 1090. The molecule has 0 bridgehead atoms. The molecule has 1 aromatic heterocycles. The number of para-hydroxylation sites is 1. The number of fused-ring (bicyclic) bond motifs is 3. The molecule has 0 saturated carbocycles. The summed E-state index contributed by atoms with van der Waals surface area (Å²) in [6.07, 6.45) is 0. The van der Waals surface area contributed by atoms with E-state index in [1.54, 1.807) is 12.1 Å². The van der Waals surface area contributed by atoms with Crippen LogP contribution in [0, 0.1) is 0 Å². The zero-order valence-electron chi connectivity index (χ0n) is 13.7. The number of amides is 1. The minimum Gasteiger partial charge on any atom is -0.456 e. The van der Waals surface area contributed by atoms with E-state index in [2.05, 4.69) is 10.5 Å². The Labute approximate surface area is 144 Å². The van der Waals surface area contributed by atoms with Crippen LogP contribution in [0.25, 0.3) is 21.9 Å². The average Bonchev–Trinajstić information content (AvgIpc) is 3.04. The zero-order valence-corrected chi connectivity index (χ0v) is 13.7. The molecule has 4 aromatic rings. The number of carbonyl (C=O) groups excluding carboxylic acids is 1. The molecule has 1 heterocycles. The minimum atomic E-state index is -0.227. The SMILES string of the molecule is C/C(=N\NC(=O)c1ccccc1)c1ccc2oc3ccccc3c2c1. The lowest BCUT2D eigenvalue weighted by Crippen LogP contribution is -2.19. The van der Waals surface area contributed by atoms with Crippen LogP contribution < -0.4 is 5.43 Å². The Balaban J connectivity index is 1.64. The second-order valence-corrected chi connectivity index (χ2v) is 5.81. The molecule has 122 valence electrons. The fourth-order valence-corrected chi connectivity index (χ4v) is 2.80. The molecule has 0 atom stereocenters. The molecule has 0 aliphatic rings. The quantitative estimate of drug-likeness (QED) is 0.436. The molecule has 0 fully saturated rings. The molecule has 0 unspecified atom stereocenters. The van der Waals surface area contributed by atoms with Gasteiger partial charge in [-0.25, -0.2) is 5.43 Å². The van der Waals surface area contributed by atoms with Crippen molar-refractivity contribution < 1.29 is 9.21 Å². The first kappa shape index (κ1) is 15.1. The third-order valence-corrected chi connectivity index (χ3v) is 4.16. The van der Waals surface area contributed by atoms with Crippen LogP contribution in [0.15, 0.2) is 82.3 Å². The maximum atomic E-state index is 12.1. The van der Waals surface area contributed by atoms with Crippen LogP contribution in [0.3, 0.4) is 0 Å². The van der Waals surface area contributed by atoms with Crippen molar-refractivity contribution in [2.45, 2.75) is 6.92 Å². The molecule has 1 amide bonds. The standard InChI is InChI=1S/C21H16N2O2/c1-14(22-23-21(24)15-7-3-2-4-8-15)16-11-12-20-18(13-16)17-9-5-6-10-19(17)25-20/h2-13H,1H3,(H,23,24)/b22-14+. The lowest BCUT2D eigenvalue weighted by atomic mass is 10.1. The van der Waals surface area contributed by atoms with E-state index in [1.165, 1.54) is 0 Å². The smallest absolute Gasteiger partial charge is 0.271 e. The van der Waals surface area contributed by atoms with Crippen molar-refractivity contribution in [2.24, 2.45) is 5.10 Å². The first-order chi connectivity index (χ1) is 12.2. The van der Waals surface area contributed by atoms with Gasteiger partial charge in [0, 0.05) is 16.3 Å². The van der Waals surface area contributed by atoms with Crippen molar-refractivity contribution in [3.05, 3.63) is 83.9 Å². The Hall–Kier alpha value is -3.40. The summed E-state index contributed by atoms with van der Waals surface area (Å²) in [6.45, 7) is 1.87. The van der Waals surface area contributed by atoms with Gasteiger partial charge in [-0.2, -0.15) is 5.10 Å². The molecule has 4 heteroatoms. The molecular formula is C21H16N2O2. The highest BCUT2D eigenvalue weighted by molar-refractivity contribution is 6.09. The number of hydrogen-bond acceptors (Lipinski definition) is 3. The van der Waals surface area contributed by atoms with Crippen molar-refractivity contribution in [1.29, 1.82) is 0 Å². The number of benzene rings is 3. The predicted molar refractivity (Wildman–Crippen MR) is 99.8 cm³/mol. The van der Waals surface area contributed by atoms with Gasteiger partial charge < -0.3 is 4.42 Å². The highest BCUT2D eigenvalue weighted by atomic mass is 16.3. The number of hydrazone groups is 1. The predicted octanol–water partition coefficient (Wildman–Crippen LogP) is 4.74. The summed E-state index contributed by atoms with van der Waals surface area (Å²) in [4.78, 5) is 12.1. The maximum Gasteiger partial charge on any atom is 0.271 e. The van der Waals surface area contributed by atoms with Gasteiger partial charge in [0.2, 0.25) is 0 Å². The molecule has 0 radical (unpaired) electrons. The molecule has 0 aliphatic heterocycles. The van der Waals surface area contributed by atoms with Crippen LogP contribution in [0.1, 0.15) is 22.8 Å². The molecule has 0 spiro atoms. The normalized spacial score (nSPS) is 11.8. The van der Waals surface area contributed by atoms with Gasteiger partial charge in [0.15, 0.2) is 0 Å².